The summed E-state index contributed by atoms with van der Waals surface area (Å²) in [5.74, 6) is -0.927. The van der Waals surface area contributed by atoms with Gasteiger partial charge in [-0.3, -0.25) is 10.1 Å². The van der Waals surface area contributed by atoms with Gasteiger partial charge in [-0.05, 0) is 31.2 Å². The fourth-order valence-corrected chi connectivity index (χ4v) is 1.99. The van der Waals surface area contributed by atoms with Crippen LogP contribution in [0.5, 0.6) is 11.5 Å². The number of nitro benzene ring substituents is 1. The van der Waals surface area contributed by atoms with Gasteiger partial charge in [-0.1, -0.05) is 0 Å². The van der Waals surface area contributed by atoms with Crippen molar-refractivity contribution >= 4 is 11.4 Å². The van der Waals surface area contributed by atoms with Crippen molar-refractivity contribution in [3.63, 3.8) is 0 Å². The number of halogens is 1. The highest BCUT2D eigenvalue weighted by molar-refractivity contribution is 5.62. The third-order valence-corrected chi connectivity index (χ3v) is 3.01. The maximum atomic E-state index is 13.1. The fraction of sp³-hybridized carbons (Fsp3) is 0.143. The number of hydrogen-bond donors (Lipinski definition) is 3. The van der Waals surface area contributed by atoms with Gasteiger partial charge >= 0.3 is 0 Å². The van der Waals surface area contributed by atoms with E-state index in [2.05, 4.69) is 5.32 Å². The van der Waals surface area contributed by atoms with Gasteiger partial charge in [-0.15, -0.1) is 0 Å². The number of nitrogens with zero attached hydrogens (tertiary/aromatic N) is 1. The van der Waals surface area contributed by atoms with E-state index in [9.17, 15) is 24.7 Å². The zero-order valence-electron chi connectivity index (χ0n) is 11.1. The largest absolute Gasteiger partial charge is 0.508 e. The number of nitrogens with one attached hydrogen (secondary N) is 1. The van der Waals surface area contributed by atoms with Crippen molar-refractivity contribution in [3.8, 4) is 11.5 Å². The minimum absolute atomic E-state index is 0.0868. The summed E-state index contributed by atoms with van der Waals surface area (Å²) in [6.45, 7) is 1.68. The number of aromatic hydroxyl groups is 2. The van der Waals surface area contributed by atoms with Gasteiger partial charge in [0.1, 0.15) is 23.0 Å². The predicted molar refractivity (Wildman–Crippen MR) is 74.9 cm³/mol. The van der Waals surface area contributed by atoms with Crippen LogP contribution in [0.2, 0.25) is 0 Å². The van der Waals surface area contributed by atoms with Crippen LogP contribution in [0, 0.1) is 15.9 Å². The summed E-state index contributed by atoms with van der Waals surface area (Å²) in [5, 5.41) is 32.8. The number of rotatable bonds is 4. The van der Waals surface area contributed by atoms with Crippen molar-refractivity contribution in [2.75, 3.05) is 5.32 Å². The first kappa shape index (κ1) is 14.6. The SMILES string of the molecule is CC(Nc1ccc(F)cc1[N+](=O)[O-])c1ccc(O)cc1O. The molecule has 0 heterocycles. The normalized spacial score (nSPS) is 11.9. The number of phenols is 2. The molecular weight excluding hydrogens is 279 g/mol. The smallest absolute Gasteiger partial charge is 0.295 e. The first-order valence-electron chi connectivity index (χ1n) is 6.11. The summed E-state index contributed by atoms with van der Waals surface area (Å²) in [7, 11) is 0. The molecule has 21 heavy (non-hydrogen) atoms. The second kappa shape index (κ2) is 5.66. The monoisotopic (exact) mass is 292 g/mol. The van der Waals surface area contributed by atoms with Gasteiger partial charge in [-0.25, -0.2) is 4.39 Å². The Morgan fingerprint density at radius 1 is 1.24 bits per heavy atom. The van der Waals surface area contributed by atoms with E-state index in [-0.39, 0.29) is 22.9 Å². The number of hydrogen-bond acceptors (Lipinski definition) is 5. The van der Waals surface area contributed by atoms with Crippen LogP contribution in [0.15, 0.2) is 36.4 Å². The summed E-state index contributed by atoms with van der Waals surface area (Å²) in [6.07, 6.45) is 0. The highest BCUT2D eigenvalue weighted by Crippen LogP contribution is 2.33. The topological polar surface area (TPSA) is 95.6 Å². The Hall–Kier alpha value is -2.83. The van der Waals surface area contributed by atoms with E-state index in [0.717, 1.165) is 12.1 Å². The second-order valence-corrected chi connectivity index (χ2v) is 4.53. The molecule has 0 aliphatic carbocycles. The number of phenolic OH excluding ortho intramolecular Hbond substituents is 2. The van der Waals surface area contributed by atoms with Crippen molar-refractivity contribution in [2.45, 2.75) is 13.0 Å². The minimum Gasteiger partial charge on any atom is -0.508 e. The van der Waals surface area contributed by atoms with Crippen LogP contribution in [0.1, 0.15) is 18.5 Å². The summed E-state index contributed by atoms with van der Waals surface area (Å²) in [6, 6.07) is 6.79. The molecule has 6 nitrogen and oxygen atoms in total. The second-order valence-electron chi connectivity index (χ2n) is 4.53. The lowest BCUT2D eigenvalue weighted by atomic mass is 10.1. The Bertz CT molecular complexity index is 691. The molecule has 2 rings (SSSR count). The first-order chi connectivity index (χ1) is 9.88. The van der Waals surface area contributed by atoms with Gasteiger partial charge in [-0.2, -0.15) is 0 Å². The van der Waals surface area contributed by atoms with Crippen LogP contribution in [0.3, 0.4) is 0 Å². The Morgan fingerprint density at radius 2 is 1.95 bits per heavy atom. The fourth-order valence-electron chi connectivity index (χ4n) is 1.99. The Balaban J connectivity index is 2.31. The van der Waals surface area contributed by atoms with Gasteiger partial charge in [0, 0.05) is 11.6 Å². The number of nitro groups is 1. The lowest BCUT2D eigenvalue weighted by molar-refractivity contribution is -0.384. The molecule has 0 saturated heterocycles. The molecule has 1 atom stereocenters. The number of benzene rings is 2. The molecule has 0 saturated carbocycles. The van der Waals surface area contributed by atoms with Crippen LogP contribution >= 0.6 is 0 Å². The minimum atomic E-state index is -0.701. The Kier molecular flexibility index (Phi) is 3.93. The molecule has 2 aromatic rings. The van der Waals surface area contributed by atoms with Gasteiger partial charge in [0.05, 0.1) is 17.0 Å². The summed E-state index contributed by atoms with van der Waals surface area (Å²) >= 11 is 0. The standard InChI is InChI=1S/C14H13FN2O4/c1-8(11-4-3-10(18)7-14(11)19)16-12-5-2-9(15)6-13(12)17(20)21/h2-8,16,18-19H,1H3. The van der Waals surface area contributed by atoms with E-state index >= 15 is 0 Å². The third kappa shape index (κ3) is 3.19. The third-order valence-electron chi connectivity index (χ3n) is 3.01. The van der Waals surface area contributed by atoms with E-state index in [1.54, 1.807) is 6.92 Å². The maximum absolute atomic E-state index is 13.1. The molecule has 0 aliphatic heterocycles. The molecule has 0 bridgehead atoms. The van der Waals surface area contributed by atoms with E-state index in [1.165, 1.54) is 24.3 Å². The molecular formula is C14H13FN2O4. The molecule has 7 heteroatoms. The lowest BCUT2D eigenvalue weighted by Gasteiger charge is -2.17. The molecule has 0 radical (unpaired) electrons. The van der Waals surface area contributed by atoms with Crippen LogP contribution in [0.4, 0.5) is 15.8 Å². The van der Waals surface area contributed by atoms with Crippen LogP contribution in [0.25, 0.3) is 0 Å². The van der Waals surface area contributed by atoms with Gasteiger partial charge in [0.25, 0.3) is 5.69 Å². The maximum Gasteiger partial charge on any atom is 0.295 e. The van der Waals surface area contributed by atoms with Crippen molar-refractivity contribution in [1.29, 1.82) is 0 Å². The average Bonchev–Trinajstić information content (AvgIpc) is 2.40. The van der Waals surface area contributed by atoms with Crippen LogP contribution in [-0.4, -0.2) is 15.1 Å². The Labute approximate surface area is 119 Å². The highest BCUT2D eigenvalue weighted by atomic mass is 19.1. The predicted octanol–water partition coefficient (Wildman–Crippen LogP) is 3.32. The summed E-state index contributed by atoms with van der Waals surface area (Å²) in [4.78, 5) is 10.2. The van der Waals surface area contributed by atoms with Crippen molar-refractivity contribution < 1.29 is 19.5 Å². The van der Waals surface area contributed by atoms with Gasteiger partial charge in [0.2, 0.25) is 0 Å². The van der Waals surface area contributed by atoms with Crippen LogP contribution < -0.4 is 5.32 Å². The molecule has 1 unspecified atom stereocenters. The van der Waals surface area contributed by atoms with Crippen molar-refractivity contribution in [1.82, 2.24) is 0 Å². The quantitative estimate of drug-likeness (QED) is 0.593. The van der Waals surface area contributed by atoms with E-state index < -0.39 is 16.8 Å². The van der Waals surface area contributed by atoms with Gasteiger partial charge < -0.3 is 15.5 Å². The lowest BCUT2D eigenvalue weighted by Crippen LogP contribution is -2.08. The molecule has 110 valence electrons. The first-order valence-corrected chi connectivity index (χ1v) is 6.11. The molecule has 2 aromatic carbocycles. The zero-order chi connectivity index (χ0) is 15.6. The molecule has 3 N–H and O–H groups in total. The summed E-state index contributed by atoms with van der Waals surface area (Å²) in [5.41, 5.74) is 0.202. The van der Waals surface area contributed by atoms with E-state index in [0.29, 0.717) is 5.56 Å². The molecule has 0 fully saturated rings. The van der Waals surface area contributed by atoms with E-state index in [1.807, 2.05) is 0 Å². The Morgan fingerprint density at radius 3 is 2.57 bits per heavy atom. The summed E-state index contributed by atoms with van der Waals surface area (Å²) < 4.78 is 13.1. The van der Waals surface area contributed by atoms with E-state index in [4.69, 9.17) is 0 Å². The average molecular weight is 292 g/mol. The van der Waals surface area contributed by atoms with Crippen LogP contribution in [-0.2, 0) is 0 Å². The number of anilines is 1. The molecule has 0 aromatic heterocycles. The van der Waals surface area contributed by atoms with Crippen molar-refractivity contribution in [3.05, 3.63) is 57.9 Å². The highest BCUT2D eigenvalue weighted by Gasteiger charge is 2.18. The van der Waals surface area contributed by atoms with Gasteiger partial charge in [0.15, 0.2) is 0 Å². The zero-order valence-corrected chi connectivity index (χ0v) is 11.1. The van der Waals surface area contributed by atoms with Crippen molar-refractivity contribution in [2.24, 2.45) is 0 Å². The molecule has 0 amide bonds. The molecule has 0 aliphatic rings. The molecule has 0 spiro atoms.